The van der Waals surface area contributed by atoms with E-state index < -0.39 is 0 Å². The SMILES string of the molecule is COc1ccc(COC(CN)c2ccccc2OC)cc1. The van der Waals surface area contributed by atoms with Gasteiger partial charge in [-0.25, -0.2) is 0 Å². The van der Waals surface area contributed by atoms with Gasteiger partial charge >= 0.3 is 0 Å². The fourth-order valence-electron chi connectivity index (χ4n) is 2.14. The summed E-state index contributed by atoms with van der Waals surface area (Å²) in [6.45, 7) is 0.889. The highest BCUT2D eigenvalue weighted by atomic mass is 16.5. The van der Waals surface area contributed by atoms with E-state index in [1.54, 1.807) is 14.2 Å². The highest BCUT2D eigenvalue weighted by molar-refractivity contribution is 5.35. The van der Waals surface area contributed by atoms with Gasteiger partial charge in [0, 0.05) is 12.1 Å². The number of methoxy groups -OCH3 is 2. The molecule has 1 atom stereocenters. The molecule has 112 valence electrons. The highest BCUT2D eigenvalue weighted by Gasteiger charge is 2.14. The Balaban J connectivity index is 2.05. The number of rotatable bonds is 7. The second-order valence-corrected chi connectivity index (χ2v) is 4.63. The summed E-state index contributed by atoms with van der Waals surface area (Å²) in [6, 6.07) is 15.6. The quantitative estimate of drug-likeness (QED) is 0.850. The number of benzene rings is 2. The van der Waals surface area contributed by atoms with Crippen LogP contribution in [0.3, 0.4) is 0 Å². The number of para-hydroxylation sites is 1. The normalized spacial score (nSPS) is 12.0. The molecule has 4 nitrogen and oxygen atoms in total. The van der Waals surface area contributed by atoms with Crippen molar-refractivity contribution in [2.45, 2.75) is 12.7 Å². The number of hydrogen-bond acceptors (Lipinski definition) is 4. The number of ether oxygens (including phenoxy) is 3. The van der Waals surface area contributed by atoms with Crippen molar-refractivity contribution in [2.75, 3.05) is 20.8 Å². The van der Waals surface area contributed by atoms with Gasteiger partial charge in [0.15, 0.2) is 0 Å². The Labute approximate surface area is 125 Å². The monoisotopic (exact) mass is 287 g/mol. The number of nitrogens with two attached hydrogens (primary N) is 1. The molecule has 2 rings (SSSR count). The summed E-state index contributed by atoms with van der Waals surface area (Å²) < 4.78 is 16.4. The van der Waals surface area contributed by atoms with Crippen LogP contribution < -0.4 is 15.2 Å². The van der Waals surface area contributed by atoms with Gasteiger partial charge in [-0.1, -0.05) is 30.3 Å². The van der Waals surface area contributed by atoms with Crippen LogP contribution in [0, 0.1) is 0 Å². The first-order valence-corrected chi connectivity index (χ1v) is 6.86. The third-order valence-corrected chi connectivity index (χ3v) is 3.31. The smallest absolute Gasteiger partial charge is 0.124 e. The lowest BCUT2D eigenvalue weighted by atomic mass is 10.1. The zero-order chi connectivity index (χ0) is 15.1. The molecule has 0 aliphatic carbocycles. The number of hydrogen-bond donors (Lipinski definition) is 1. The van der Waals surface area contributed by atoms with Crippen LogP contribution in [0.4, 0.5) is 0 Å². The van der Waals surface area contributed by atoms with Gasteiger partial charge in [0.25, 0.3) is 0 Å². The van der Waals surface area contributed by atoms with Crippen LogP contribution in [0.15, 0.2) is 48.5 Å². The second-order valence-electron chi connectivity index (χ2n) is 4.63. The van der Waals surface area contributed by atoms with Crippen molar-refractivity contribution >= 4 is 0 Å². The van der Waals surface area contributed by atoms with Crippen molar-refractivity contribution in [3.05, 3.63) is 59.7 Å². The molecule has 0 saturated carbocycles. The summed E-state index contributed by atoms with van der Waals surface area (Å²) in [7, 11) is 3.30. The first-order chi connectivity index (χ1) is 10.3. The Kier molecular flexibility index (Phi) is 5.60. The van der Waals surface area contributed by atoms with E-state index in [-0.39, 0.29) is 6.10 Å². The van der Waals surface area contributed by atoms with E-state index in [2.05, 4.69) is 0 Å². The molecule has 0 fully saturated rings. The lowest BCUT2D eigenvalue weighted by molar-refractivity contribution is 0.0440. The topological polar surface area (TPSA) is 53.7 Å². The van der Waals surface area contributed by atoms with Gasteiger partial charge in [-0.2, -0.15) is 0 Å². The van der Waals surface area contributed by atoms with Crippen molar-refractivity contribution < 1.29 is 14.2 Å². The third-order valence-electron chi connectivity index (χ3n) is 3.31. The van der Waals surface area contributed by atoms with Crippen LogP contribution >= 0.6 is 0 Å². The second kappa shape index (κ2) is 7.67. The highest BCUT2D eigenvalue weighted by Crippen LogP contribution is 2.27. The Hall–Kier alpha value is -2.04. The predicted octanol–water partition coefficient (Wildman–Crippen LogP) is 2.92. The summed E-state index contributed by atoms with van der Waals surface area (Å²) in [5.41, 5.74) is 7.88. The largest absolute Gasteiger partial charge is 0.497 e. The van der Waals surface area contributed by atoms with Crippen molar-refractivity contribution in [1.82, 2.24) is 0 Å². The van der Waals surface area contributed by atoms with E-state index in [1.807, 2.05) is 48.5 Å². The van der Waals surface area contributed by atoms with Gasteiger partial charge in [0.2, 0.25) is 0 Å². The maximum Gasteiger partial charge on any atom is 0.124 e. The van der Waals surface area contributed by atoms with Gasteiger partial charge in [-0.05, 0) is 23.8 Å². The minimum Gasteiger partial charge on any atom is -0.497 e. The van der Waals surface area contributed by atoms with E-state index in [9.17, 15) is 0 Å². The molecule has 0 aromatic heterocycles. The van der Waals surface area contributed by atoms with E-state index in [0.717, 1.165) is 22.6 Å². The van der Waals surface area contributed by atoms with Crippen molar-refractivity contribution in [2.24, 2.45) is 5.73 Å². The Morgan fingerprint density at radius 2 is 1.67 bits per heavy atom. The first-order valence-electron chi connectivity index (χ1n) is 6.86. The van der Waals surface area contributed by atoms with Crippen LogP contribution in [0.5, 0.6) is 11.5 Å². The fraction of sp³-hybridized carbons (Fsp3) is 0.294. The molecule has 0 radical (unpaired) electrons. The van der Waals surface area contributed by atoms with Gasteiger partial charge in [0.05, 0.1) is 26.9 Å². The molecule has 2 aromatic rings. The molecule has 2 N–H and O–H groups in total. The van der Waals surface area contributed by atoms with Crippen LogP contribution in [0.25, 0.3) is 0 Å². The van der Waals surface area contributed by atoms with E-state index >= 15 is 0 Å². The van der Waals surface area contributed by atoms with Gasteiger partial charge < -0.3 is 19.9 Å². The van der Waals surface area contributed by atoms with Crippen molar-refractivity contribution in [3.8, 4) is 11.5 Å². The third kappa shape index (κ3) is 3.97. The molecule has 0 bridgehead atoms. The summed E-state index contributed by atoms with van der Waals surface area (Å²) in [6.07, 6.45) is -0.191. The maximum absolute atomic E-state index is 5.93. The molecule has 1 unspecified atom stereocenters. The summed E-state index contributed by atoms with van der Waals surface area (Å²) in [5.74, 6) is 1.63. The Morgan fingerprint density at radius 1 is 0.952 bits per heavy atom. The minimum atomic E-state index is -0.191. The van der Waals surface area contributed by atoms with Gasteiger partial charge in [0.1, 0.15) is 11.5 Å². The molecule has 0 aliphatic heterocycles. The summed E-state index contributed by atoms with van der Waals surface area (Å²) >= 11 is 0. The van der Waals surface area contributed by atoms with E-state index in [1.165, 1.54) is 0 Å². The van der Waals surface area contributed by atoms with Crippen LogP contribution in [0.2, 0.25) is 0 Å². The standard InChI is InChI=1S/C17H21NO3/c1-19-14-9-7-13(8-10-14)12-21-17(11-18)15-5-3-4-6-16(15)20-2/h3-10,17H,11-12,18H2,1-2H3. The first kappa shape index (κ1) is 15.4. The van der Waals surface area contributed by atoms with Crippen LogP contribution in [-0.4, -0.2) is 20.8 Å². The van der Waals surface area contributed by atoms with Gasteiger partial charge in [-0.15, -0.1) is 0 Å². The minimum absolute atomic E-state index is 0.191. The average Bonchev–Trinajstić information content (AvgIpc) is 2.56. The molecule has 2 aromatic carbocycles. The van der Waals surface area contributed by atoms with Crippen molar-refractivity contribution in [1.29, 1.82) is 0 Å². The molecule has 0 aliphatic rings. The molecule has 21 heavy (non-hydrogen) atoms. The molecule has 0 heterocycles. The fourth-order valence-corrected chi connectivity index (χ4v) is 2.14. The van der Waals surface area contributed by atoms with Crippen molar-refractivity contribution in [3.63, 3.8) is 0 Å². The van der Waals surface area contributed by atoms with Gasteiger partial charge in [-0.3, -0.25) is 0 Å². The van der Waals surface area contributed by atoms with Crippen LogP contribution in [0.1, 0.15) is 17.2 Å². The summed E-state index contributed by atoms with van der Waals surface area (Å²) in [4.78, 5) is 0. The zero-order valence-corrected chi connectivity index (χ0v) is 12.4. The van der Waals surface area contributed by atoms with E-state index in [0.29, 0.717) is 13.2 Å². The predicted molar refractivity (Wildman–Crippen MR) is 82.6 cm³/mol. The Morgan fingerprint density at radius 3 is 2.29 bits per heavy atom. The lowest BCUT2D eigenvalue weighted by Crippen LogP contribution is -2.16. The average molecular weight is 287 g/mol. The molecule has 4 heteroatoms. The summed E-state index contributed by atoms with van der Waals surface area (Å²) in [5, 5.41) is 0. The molecular formula is C17H21NO3. The Bertz CT molecular complexity index is 554. The molecule has 0 spiro atoms. The molecule has 0 saturated heterocycles. The lowest BCUT2D eigenvalue weighted by Gasteiger charge is -2.19. The van der Waals surface area contributed by atoms with Crippen LogP contribution in [-0.2, 0) is 11.3 Å². The molecular weight excluding hydrogens is 266 g/mol. The molecule has 0 amide bonds. The van der Waals surface area contributed by atoms with E-state index in [4.69, 9.17) is 19.9 Å². The maximum atomic E-state index is 5.93. The zero-order valence-electron chi connectivity index (χ0n) is 12.4.